The normalized spacial score (nSPS) is 12.2. The van der Waals surface area contributed by atoms with Crippen LogP contribution in [-0.4, -0.2) is 19.3 Å². The van der Waals surface area contributed by atoms with Crippen LogP contribution in [0.1, 0.15) is 58.5 Å². The van der Waals surface area contributed by atoms with E-state index in [1.807, 2.05) is 18.3 Å². The quantitative estimate of drug-likeness (QED) is 0.176. The summed E-state index contributed by atoms with van der Waals surface area (Å²) in [5.41, 5.74) is 9.29. The van der Waals surface area contributed by atoms with Crippen LogP contribution >= 0.6 is 0 Å². The van der Waals surface area contributed by atoms with Gasteiger partial charge in [-0.15, -0.1) is 0 Å². The Morgan fingerprint density at radius 3 is 2.10 bits per heavy atom. The molecule has 7 rings (SSSR count). The van der Waals surface area contributed by atoms with Crippen LogP contribution in [0.3, 0.4) is 0 Å². The number of nitrogens with zero attached hydrogens (tertiary/aromatic N) is 4. The van der Waals surface area contributed by atoms with Gasteiger partial charge in [-0.3, -0.25) is 4.57 Å². The van der Waals surface area contributed by atoms with Crippen LogP contribution in [0.15, 0.2) is 115 Å². The molecule has 0 aliphatic rings. The third kappa shape index (κ3) is 6.37. The van der Waals surface area contributed by atoms with Crippen LogP contribution in [0.5, 0.6) is 11.5 Å². The van der Waals surface area contributed by atoms with Crippen molar-refractivity contribution >= 4 is 21.8 Å². The largest absolute Gasteiger partial charge is 0.457 e. The van der Waals surface area contributed by atoms with E-state index in [0.29, 0.717) is 0 Å². The Labute approximate surface area is 283 Å². The smallest absolute Gasteiger partial charge is 0.137 e. The molecule has 5 heteroatoms. The molecular weight excluding hydrogens is 589 g/mol. The van der Waals surface area contributed by atoms with Crippen molar-refractivity contribution in [1.29, 1.82) is 0 Å². The van der Waals surface area contributed by atoms with Gasteiger partial charge in [0.05, 0.1) is 28.1 Å². The first-order valence-electron chi connectivity index (χ1n) is 16.8. The Bertz CT molecular complexity index is 2240. The van der Waals surface area contributed by atoms with E-state index in [-0.39, 0.29) is 10.8 Å². The summed E-state index contributed by atoms with van der Waals surface area (Å²) in [7, 11) is 0. The Morgan fingerprint density at radius 2 is 1.35 bits per heavy atom. The van der Waals surface area contributed by atoms with E-state index < -0.39 is 0 Å². The van der Waals surface area contributed by atoms with E-state index in [9.17, 15) is 0 Å². The highest BCUT2D eigenvalue weighted by Crippen LogP contribution is 2.38. The number of pyridine rings is 1. The highest BCUT2D eigenvalue weighted by atomic mass is 16.5. The van der Waals surface area contributed by atoms with Gasteiger partial charge < -0.3 is 4.74 Å². The summed E-state index contributed by atoms with van der Waals surface area (Å²) < 4.78 is 11.0. The average molecular weight is 633 g/mol. The molecule has 0 aliphatic carbocycles. The maximum Gasteiger partial charge on any atom is 0.137 e. The van der Waals surface area contributed by atoms with Crippen LogP contribution in [-0.2, 0) is 12.8 Å². The number of hydrogen-bond acceptors (Lipinski definition) is 3. The van der Waals surface area contributed by atoms with Gasteiger partial charge in [-0.05, 0) is 84.2 Å². The van der Waals surface area contributed by atoms with E-state index in [0.717, 1.165) is 58.0 Å². The fraction of sp³-hybridized carbons (Fsp3) is 0.256. The minimum absolute atomic E-state index is 0.0639. The Balaban J connectivity index is 1.33. The lowest BCUT2D eigenvalue weighted by molar-refractivity contribution is 0.401. The average Bonchev–Trinajstić information content (AvgIpc) is 3.54. The van der Waals surface area contributed by atoms with Crippen molar-refractivity contribution < 1.29 is 4.74 Å². The molecule has 0 amide bonds. The van der Waals surface area contributed by atoms with E-state index >= 15 is 0 Å². The van der Waals surface area contributed by atoms with Gasteiger partial charge in [0.1, 0.15) is 17.3 Å². The van der Waals surface area contributed by atoms with Crippen LogP contribution in [0.2, 0.25) is 0 Å². The van der Waals surface area contributed by atoms with Crippen LogP contribution < -0.4 is 4.74 Å². The number of fused-ring (bicyclic) bond motifs is 3. The summed E-state index contributed by atoms with van der Waals surface area (Å²) in [6.45, 7) is 15.8. The van der Waals surface area contributed by atoms with Crippen LogP contribution in [0.25, 0.3) is 44.4 Å². The first-order chi connectivity index (χ1) is 22.9. The number of rotatable bonds is 7. The Morgan fingerprint density at radius 1 is 0.646 bits per heavy atom. The van der Waals surface area contributed by atoms with Gasteiger partial charge in [-0.1, -0.05) is 96.1 Å². The molecule has 0 unspecified atom stereocenters. The van der Waals surface area contributed by atoms with E-state index in [4.69, 9.17) is 14.8 Å². The van der Waals surface area contributed by atoms with Gasteiger partial charge in [0.15, 0.2) is 0 Å². The maximum absolute atomic E-state index is 6.63. The molecule has 0 N–H and O–H groups in total. The molecule has 4 aromatic carbocycles. The first kappa shape index (κ1) is 31.4. The molecular formula is C43H44N4O. The molecule has 0 spiro atoms. The number of aryl methyl sites for hydroxylation is 1. The SMILES string of the molecule is Cc1ccnc(-n2c3ccccc3c3ccc(Oc4cccc(-n5nc(CC(C)(C)C)c(-c6ccccc6)c5CC(C)(C)C)c4)cc32)c1. The summed E-state index contributed by atoms with van der Waals surface area (Å²) in [4.78, 5) is 4.74. The van der Waals surface area contributed by atoms with Crippen LogP contribution in [0.4, 0.5) is 0 Å². The lowest BCUT2D eigenvalue weighted by Gasteiger charge is -2.21. The number of benzene rings is 4. The summed E-state index contributed by atoms with van der Waals surface area (Å²) in [5.74, 6) is 2.43. The van der Waals surface area contributed by atoms with Crippen molar-refractivity contribution in [2.45, 2.75) is 61.3 Å². The zero-order valence-electron chi connectivity index (χ0n) is 29.1. The molecule has 0 bridgehead atoms. The van der Waals surface area contributed by atoms with Gasteiger partial charge in [0, 0.05) is 34.7 Å². The lowest BCUT2D eigenvalue weighted by Crippen LogP contribution is -2.14. The monoisotopic (exact) mass is 632 g/mol. The molecule has 5 nitrogen and oxygen atoms in total. The van der Waals surface area contributed by atoms with E-state index in [1.54, 1.807) is 0 Å². The number of aromatic nitrogens is 4. The van der Waals surface area contributed by atoms with Gasteiger partial charge in [-0.25, -0.2) is 9.67 Å². The topological polar surface area (TPSA) is 44.9 Å². The highest BCUT2D eigenvalue weighted by molar-refractivity contribution is 6.09. The second-order valence-corrected chi connectivity index (χ2v) is 15.3. The van der Waals surface area contributed by atoms with Crippen molar-refractivity contribution in [2.75, 3.05) is 0 Å². The second kappa shape index (κ2) is 12.1. The molecule has 48 heavy (non-hydrogen) atoms. The number of hydrogen-bond donors (Lipinski definition) is 0. The van der Waals surface area contributed by atoms with Crippen molar-refractivity contribution in [1.82, 2.24) is 19.3 Å². The molecule has 3 aromatic heterocycles. The Kier molecular flexibility index (Phi) is 7.95. The fourth-order valence-corrected chi connectivity index (χ4v) is 6.66. The molecule has 3 heterocycles. The standard InChI is InChI=1S/C43H44N4O/c1-29-22-23-44-40(24-29)46-37-19-12-11-18-34(37)35-21-20-33(26-38(35)46)48-32-17-13-16-31(25-32)47-39(28-43(5,6)7)41(30-14-9-8-10-15-30)36(45-47)27-42(2,3)4/h8-26H,27-28H2,1-7H3. The van der Waals surface area contributed by atoms with E-state index in [2.05, 4.69) is 155 Å². The molecule has 0 saturated carbocycles. The fourth-order valence-electron chi connectivity index (χ4n) is 6.66. The van der Waals surface area contributed by atoms with Crippen molar-refractivity contribution in [3.05, 3.63) is 132 Å². The van der Waals surface area contributed by atoms with Gasteiger partial charge in [0.25, 0.3) is 0 Å². The molecule has 0 radical (unpaired) electrons. The zero-order chi connectivity index (χ0) is 33.6. The summed E-state index contributed by atoms with van der Waals surface area (Å²) in [6.07, 6.45) is 3.63. The lowest BCUT2D eigenvalue weighted by atomic mass is 9.84. The summed E-state index contributed by atoms with van der Waals surface area (Å²) >= 11 is 0. The minimum Gasteiger partial charge on any atom is -0.457 e. The third-order valence-corrected chi connectivity index (χ3v) is 8.58. The highest BCUT2D eigenvalue weighted by Gasteiger charge is 2.27. The van der Waals surface area contributed by atoms with Crippen molar-refractivity contribution in [2.24, 2.45) is 10.8 Å². The summed E-state index contributed by atoms with van der Waals surface area (Å²) in [6, 6.07) is 38.0. The third-order valence-electron chi connectivity index (χ3n) is 8.58. The Hall–Kier alpha value is -5.16. The minimum atomic E-state index is 0.0639. The molecule has 242 valence electrons. The first-order valence-corrected chi connectivity index (χ1v) is 16.8. The number of ether oxygens (including phenoxy) is 1. The maximum atomic E-state index is 6.63. The predicted octanol–water partition coefficient (Wildman–Crippen LogP) is 11.3. The van der Waals surface area contributed by atoms with E-state index in [1.165, 1.54) is 27.8 Å². The molecule has 7 aromatic rings. The predicted molar refractivity (Wildman–Crippen MR) is 199 cm³/mol. The zero-order valence-corrected chi connectivity index (χ0v) is 29.1. The van der Waals surface area contributed by atoms with Crippen molar-refractivity contribution in [3.8, 4) is 34.1 Å². The summed E-state index contributed by atoms with van der Waals surface area (Å²) in [5, 5.41) is 7.70. The van der Waals surface area contributed by atoms with Crippen molar-refractivity contribution in [3.63, 3.8) is 0 Å². The van der Waals surface area contributed by atoms with Crippen LogP contribution in [0, 0.1) is 17.8 Å². The molecule has 0 atom stereocenters. The molecule has 0 saturated heterocycles. The molecule has 0 aliphatic heterocycles. The molecule has 0 fully saturated rings. The van der Waals surface area contributed by atoms with Gasteiger partial charge >= 0.3 is 0 Å². The number of para-hydroxylation sites is 1. The van der Waals surface area contributed by atoms with Gasteiger partial charge in [0.2, 0.25) is 0 Å². The van der Waals surface area contributed by atoms with Gasteiger partial charge in [-0.2, -0.15) is 5.10 Å². The second-order valence-electron chi connectivity index (χ2n) is 15.3.